The number of fused-ring (bicyclic) bond motifs is 2. The van der Waals surface area contributed by atoms with Gasteiger partial charge in [-0.15, -0.1) is 0 Å². The summed E-state index contributed by atoms with van der Waals surface area (Å²) in [5.41, 5.74) is 2.34. The molecule has 1 aliphatic rings. The van der Waals surface area contributed by atoms with Crippen LogP contribution in [0.3, 0.4) is 0 Å². The van der Waals surface area contributed by atoms with Crippen LogP contribution in [-0.4, -0.2) is 41.0 Å². The highest BCUT2D eigenvalue weighted by Crippen LogP contribution is 2.20. The van der Waals surface area contributed by atoms with Gasteiger partial charge in [-0.25, -0.2) is 4.98 Å². The fourth-order valence-corrected chi connectivity index (χ4v) is 4.62. The van der Waals surface area contributed by atoms with E-state index in [0.717, 1.165) is 38.1 Å². The number of nitrogens with zero attached hydrogens (tertiary/aromatic N) is 3. The van der Waals surface area contributed by atoms with Gasteiger partial charge in [-0.2, -0.15) is 11.3 Å². The van der Waals surface area contributed by atoms with E-state index in [1.54, 1.807) is 34.1 Å². The van der Waals surface area contributed by atoms with E-state index in [4.69, 9.17) is 4.98 Å². The van der Waals surface area contributed by atoms with E-state index in [9.17, 15) is 9.59 Å². The van der Waals surface area contributed by atoms with Crippen LogP contribution < -0.4 is 10.9 Å². The van der Waals surface area contributed by atoms with Gasteiger partial charge >= 0.3 is 0 Å². The van der Waals surface area contributed by atoms with E-state index in [1.165, 1.54) is 5.56 Å². The number of aryl methyl sites for hydroxylation is 1. The van der Waals surface area contributed by atoms with Crippen molar-refractivity contribution >= 4 is 28.1 Å². The van der Waals surface area contributed by atoms with Gasteiger partial charge in [0.1, 0.15) is 5.82 Å². The molecule has 0 saturated heterocycles. The molecule has 7 heteroatoms. The molecule has 1 amide bonds. The Labute approximate surface area is 174 Å². The Kier molecular flexibility index (Phi) is 5.78. The number of thiophene rings is 1. The minimum atomic E-state index is -0.147. The van der Waals surface area contributed by atoms with Crippen molar-refractivity contribution in [2.24, 2.45) is 0 Å². The summed E-state index contributed by atoms with van der Waals surface area (Å²) in [5, 5.41) is 7.77. The second-order valence-electron chi connectivity index (χ2n) is 7.77. The average Bonchev–Trinajstić information content (AvgIpc) is 3.12. The molecule has 29 heavy (non-hydrogen) atoms. The lowest BCUT2D eigenvalue weighted by Gasteiger charge is -2.24. The maximum Gasteiger partial charge on any atom is 0.261 e. The molecule has 6 nitrogen and oxygen atoms in total. The summed E-state index contributed by atoms with van der Waals surface area (Å²) in [6.45, 7) is 1.24. The minimum absolute atomic E-state index is 0.00369. The SMILES string of the molecule is CN(C)[C@@H](CNC(=O)c1ccc2c(=O)n3c(nc2c1)CCCCC3)c1ccsc1. The molecule has 152 valence electrons. The quantitative estimate of drug-likeness (QED) is 0.701. The molecule has 1 aliphatic heterocycles. The summed E-state index contributed by atoms with van der Waals surface area (Å²) >= 11 is 1.65. The van der Waals surface area contributed by atoms with Crippen LogP contribution in [0.1, 0.15) is 47.1 Å². The molecule has 1 N–H and O–H groups in total. The molecule has 0 unspecified atom stereocenters. The van der Waals surface area contributed by atoms with Gasteiger partial charge in [-0.3, -0.25) is 14.2 Å². The Morgan fingerprint density at radius 1 is 1.28 bits per heavy atom. The van der Waals surface area contributed by atoms with E-state index in [1.807, 2.05) is 19.5 Å². The molecule has 0 spiro atoms. The van der Waals surface area contributed by atoms with Gasteiger partial charge < -0.3 is 10.2 Å². The number of rotatable bonds is 5. The standard InChI is InChI=1S/C22H26N4O2S/c1-25(2)19(16-9-11-29-14-16)13-23-21(27)15-7-8-17-18(12-15)24-20-6-4-3-5-10-26(20)22(17)28/h7-9,11-12,14,19H,3-6,10,13H2,1-2H3,(H,23,27)/t19-/m0/s1. The van der Waals surface area contributed by atoms with E-state index in [0.29, 0.717) is 23.0 Å². The molecular weight excluding hydrogens is 384 g/mol. The van der Waals surface area contributed by atoms with E-state index in [-0.39, 0.29) is 17.5 Å². The highest BCUT2D eigenvalue weighted by Gasteiger charge is 2.18. The van der Waals surface area contributed by atoms with Crippen molar-refractivity contribution in [2.75, 3.05) is 20.6 Å². The highest BCUT2D eigenvalue weighted by molar-refractivity contribution is 7.07. The molecule has 0 aliphatic carbocycles. The van der Waals surface area contributed by atoms with Crippen molar-refractivity contribution in [3.8, 4) is 0 Å². The smallest absolute Gasteiger partial charge is 0.261 e. The molecule has 0 saturated carbocycles. The summed E-state index contributed by atoms with van der Waals surface area (Å²) in [6.07, 6.45) is 3.99. The van der Waals surface area contributed by atoms with E-state index >= 15 is 0 Å². The maximum absolute atomic E-state index is 12.8. The highest BCUT2D eigenvalue weighted by atomic mass is 32.1. The number of aromatic nitrogens is 2. The number of benzene rings is 1. The molecular formula is C22H26N4O2S. The zero-order valence-corrected chi connectivity index (χ0v) is 17.7. The van der Waals surface area contributed by atoms with Crippen LogP contribution in [0, 0.1) is 0 Å². The van der Waals surface area contributed by atoms with Crippen LogP contribution in [0.5, 0.6) is 0 Å². The van der Waals surface area contributed by atoms with Gasteiger partial charge in [0.2, 0.25) is 0 Å². The van der Waals surface area contributed by atoms with Gasteiger partial charge in [0, 0.05) is 25.1 Å². The van der Waals surface area contributed by atoms with Crippen LogP contribution >= 0.6 is 11.3 Å². The van der Waals surface area contributed by atoms with Crippen molar-refractivity contribution < 1.29 is 4.79 Å². The fraction of sp³-hybridized carbons (Fsp3) is 0.409. The van der Waals surface area contributed by atoms with Gasteiger partial charge in [-0.1, -0.05) is 6.42 Å². The summed E-state index contributed by atoms with van der Waals surface area (Å²) in [7, 11) is 4.02. The lowest BCUT2D eigenvalue weighted by molar-refractivity contribution is 0.0942. The van der Waals surface area contributed by atoms with Gasteiger partial charge in [-0.05, 0) is 67.5 Å². The number of carbonyl (C=O) groups is 1. The third-order valence-corrected chi connectivity index (χ3v) is 6.29. The van der Waals surface area contributed by atoms with Gasteiger partial charge in [0.05, 0.1) is 16.9 Å². The van der Waals surface area contributed by atoms with Crippen molar-refractivity contribution in [1.29, 1.82) is 0 Å². The predicted octanol–water partition coefficient (Wildman–Crippen LogP) is 3.22. The first kappa shape index (κ1) is 19.8. The monoisotopic (exact) mass is 410 g/mol. The van der Waals surface area contributed by atoms with Crippen molar-refractivity contribution in [1.82, 2.24) is 19.8 Å². The zero-order valence-electron chi connectivity index (χ0n) is 16.9. The van der Waals surface area contributed by atoms with Crippen LogP contribution in [0.2, 0.25) is 0 Å². The van der Waals surface area contributed by atoms with Crippen molar-refractivity contribution in [2.45, 2.75) is 38.3 Å². The second-order valence-corrected chi connectivity index (χ2v) is 8.55. The molecule has 3 aromatic rings. The summed E-state index contributed by atoms with van der Waals surface area (Å²) in [5.74, 6) is 0.688. The number of hydrogen-bond donors (Lipinski definition) is 1. The van der Waals surface area contributed by atoms with Gasteiger partial charge in [0.15, 0.2) is 0 Å². The molecule has 1 atom stereocenters. The molecule has 4 rings (SSSR count). The molecule has 3 heterocycles. The first-order valence-corrected chi connectivity index (χ1v) is 11.0. The normalized spacial score (nSPS) is 15.1. The average molecular weight is 411 g/mol. The van der Waals surface area contributed by atoms with Crippen LogP contribution in [0.4, 0.5) is 0 Å². The van der Waals surface area contributed by atoms with E-state index < -0.39 is 0 Å². The molecule has 2 aromatic heterocycles. The van der Waals surface area contributed by atoms with Crippen LogP contribution in [0.15, 0.2) is 39.8 Å². The first-order valence-electron chi connectivity index (χ1n) is 10.0. The predicted molar refractivity (Wildman–Crippen MR) is 117 cm³/mol. The third-order valence-electron chi connectivity index (χ3n) is 5.59. The molecule has 0 fully saturated rings. The number of nitrogens with one attached hydrogen (secondary N) is 1. The Morgan fingerprint density at radius 2 is 2.14 bits per heavy atom. The number of likely N-dealkylation sites (N-methyl/N-ethyl adjacent to an activating group) is 1. The number of carbonyl (C=O) groups excluding carboxylic acids is 1. The van der Waals surface area contributed by atoms with Crippen LogP contribution in [0.25, 0.3) is 10.9 Å². The lowest BCUT2D eigenvalue weighted by atomic mass is 10.1. The van der Waals surface area contributed by atoms with Crippen molar-refractivity contribution in [3.63, 3.8) is 0 Å². The largest absolute Gasteiger partial charge is 0.350 e. The maximum atomic E-state index is 12.8. The summed E-state index contributed by atoms with van der Waals surface area (Å²) in [6, 6.07) is 7.40. The summed E-state index contributed by atoms with van der Waals surface area (Å²) < 4.78 is 1.80. The number of amides is 1. The zero-order chi connectivity index (χ0) is 20.4. The number of hydrogen-bond acceptors (Lipinski definition) is 5. The second kappa shape index (κ2) is 8.47. The lowest BCUT2D eigenvalue weighted by Crippen LogP contribution is -2.34. The Hall–Kier alpha value is -2.51. The fourth-order valence-electron chi connectivity index (χ4n) is 3.91. The minimum Gasteiger partial charge on any atom is -0.350 e. The Balaban J connectivity index is 1.57. The van der Waals surface area contributed by atoms with E-state index in [2.05, 4.69) is 21.7 Å². The molecule has 0 radical (unpaired) electrons. The molecule has 0 bridgehead atoms. The molecule has 1 aromatic carbocycles. The Bertz CT molecular complexity index is 1070. The third kappa shape index (κ3) is 4.11. The first-order chi connectivity index (χ1) is 14.0. The van der Waals surface area contributed by atoms with Gasteiger partial charge in [0.25, 0.3) is 11.5 Å². The summed E-state index contributed by atoms with van der Waals surface area (Å²) in [4.78, 5) is 32.4. The van der Waals surface area contributed by atoms with Crippen LogP contribution in [-0.2, 0) is 13.0 Å². The Morgan fingerprint density at radius 3 is 2.90 bits per heavy atom. The topological polar surface area (TPSA) is 67.2 Å². The van der Waals surface area contributed by atoms with Crippen molar-refractivity contribution in [3.05, 3.63) is 62.3 Å².